The Morgan fingerprint density at radius 2 is 2.04 bits per heavy atom. The number of nitrogens with zero attached hydrogens (tertiary/aromatic N) is 7. The van der Waals surface area contributed by atoms with Gasteiger partial charge in [0.15, 0.2) is 0 Å². The molecule has 9 nitrogen and oxygen atoms in total. The summed E-state index contributed by atoms with van der Waals surface area (Å²) >= 11 is 0. The van der Waals surface area contributed by atoms with Gasteiger partial charge in [0.1, 0.15) is 0 Å². The Morgan fingerprint density at radius 1 is 1.15 bits per heavy atom. The number of aryl methyl sites for hydroxylation is 1. The van der Waals surface area contributed by atoms with Crippen molar-refractivity contribution in [1.82, 2.24) is 34.8 Å². The van der Waals surface area contributed by atoms with Crippen LogP contribution in [0.25, 0.3) is 11.3 Å². The van der Waals surface area contributed by atoms with Crippen molar-refractivity contribution in [2.75, 3.05) is 18.4 Å². The van der Waals surface area contributed by atoms with E-state index in [2.05, 4.69) is 30.6 Å². The van der Waals surface area contributed by atoms with Crippen LogP contribution in [0.3, 0.4) is 0 Å². The molecule has 0 atom stereocenters. The van der Waals surface area contributed by atoms with E-state index >= 15 is 0 Å². The van der Waals surface area contributed by atoms with Crippen LogP contribution in [-0.2, 0) is 19.5 Å². The third-order valence-corrected chi connectivity index (χ3v) is 4.90. The molecule has 1 N–H and O–H groups in total. The zero-order valence-electron chi connectivity index (χ0n) is 14.7. The van der Waals surface area contributed by atoms with E-state index < -0.39 is 0 Å². The molecule has 0 aromatic carbocycles. The average molecular weight is 362 g/mol. The number of fused-ring (bicyclic) bond motifs is 2. The molecule has 0 bridgehead atoms. The van der Waals surface area contributed by atoms with Gasteiger partial charge < -0.3 is 10.2 Å². The molecule has 0 spiro atoms. The summed E-state index contributed by atoms with van der Waals surface area (Å²) in [6.45, 7) is 2.72. The van der Waals surface area contributed by atoms with Crippen molar-refractivity contribution in [2.45, 2.75) is 25.9 Å². The Kier molecular flexibility index (Phi) is 3.77. The van der Waals surface area contributed by atoms with Crippen molar-refractivity contribution in [2.24, 2.45) is 0 Å². The number of pyridine rings is 1. The second-order valence-corrected chi connectivity index (χ2v) is 6.68. The van der Waals surface area contributed by atoms with Crippen LogP contribution in [0, 0.1) is 0 Å². The summed E-state index contributed by atoms with van der Waals surface area (Å²) in [5.74, 6) is 0.777. The van der Waals surface area contributed by atoms with Crippen LogP contribution in [0.15, 0.2) is 30.6 Å². The maximum absolute atomic E-state index is 12.9. The summed E-state index contributed by atoms with van der Waals surface area (Å²) in [5, 5.41) is 16.2. The van der Waals surface area contributed by atoms with Gasteiger partial charge >= 0.3 is 0 Å². The summed E-state index contributed by atoms with van der Waals surface area (Å²) in [6, 6.07) is 5.80. The van der Waals surface area contributed by atoms with Crippen LogP contribution in [0.5, 0.6) is 0 Å². The van der Waals surface area contributed by atoms with E-state index in [1.165, 1.54) is 0 Å². The predicted molar refractivity (Wildman–Crippen MR) is 96.8 cm³/mol. The Bertz CT molecular complexity index is 976. The minimum atomic E-state index is -0.147. The molecule has 5 rings (SSSR count). The Morgan fingerprint density at radius 3 is 2.89 bits per heavy atom. The van der Waals surface area contributed by atoms with Crippen LogP contribution in [0.2, 0.25) is 0 Å². The van der Waals surface area contributed by atoms with E-state index in [0.29, 0.717) is 25.5 Å². The summed E-state index contributed by atoms with van der Waals surface area (Å²) in [5.41, 5.74) is 3.69. The highest BCUT2D eigenvalue weighted by Crippen LogP contribution is 2.23. The Labute approximate surface area is 155 Å². The number of rotatable bonds is 2. The first-order chi connectivity index (χ1) is 13.3. The largest absolute Gasteiger partial charge is 0.354 e. The molecule has 9 heteroatoms. The quantitative estimate of drug-likeness (QED) is 0.729. The highest BCUT2D eigenvalue weighted by molar-refractivity contribution is 5.91. The van der Waals surface area contributed by atoms with Crippen molar-refractivity contribution in [3.8, 4) is 11.3 Å². The first-order valence-electron chi connectivity index (χ1n) is 9.02. The maximum atomic E-state index is 12.9. The normalized spacial score (nSPS) is 15.6. The first-order valence-corrected chi connectivity index (χ1v) is 9.02. The van der Waals surface area contributed by atoms with E-state index in [-0.39, 0.29) is 11.7 Å². The van der Waals surface area contributed by atoms with Crippen molar-refractivity contribution < 1.29 is 4.79 Å². The van der Waals surface area contributed by atoms with Gasteiger partial charge in [-0.2, -0.15) is 15.2 Å². The van der Waals surface area contributed by atoms with Crippen molar-refractivity contribution in [3.05, 3.63) is 47.7 Å². The number of hydrogen-bond acceptors (Lipinski definition) is 7. The number of carbonyl (C=O) groups is 1. The summed E-state index contributed by atoms with van der Waals surface area (Å²) in [6.07, 6.45) is 5.12. The Hall–Kier alpha value is -3.36. The molecule has 0 fully saturated rings. The van der Waals surface area contributed by atoms with Gasteiger partial charge in [0.25, 0.3) is 5.91 Å². The molecule has 3 aromatic heterocycles. The molecule has 0 aliphatic carbocycles. The fraction of sp³-hybridized carbons (Fsp3) is 0.333. The van der Waals surface area contributed by atoms with Gasteiger partial charge in [0.05, 0.1) is 11.4 Å². The first kappa shape index (κ1) is 15.9. The average Bonchev–Trinajstić information content (AvgIpc) is 3.17. The molecular weight excluding hydrogens is 344 g/mol. The van der Waals surface area contributed by atoms with Crippen LogP contribution >= 0.6 is 0 Å². The number of hydrogen-bond donors (Lipinski definition) is 1. The minimum absolute atomic E-state index is 0.147. The van der Waals surface area contributed by atoms with Gasteiger partial charge in [0, 0.05) is 50.6 Å². The lowest BCUT2D eigenvalue weighted by atomic mass is 10.0. The third-order valence-electron chi connectivity index (χ3n) is 4.90. The monoisotopic (exact) mass is 362 g/mol. The fourth-order valence-electron chi connectivity index (χ4n) is 3.46. The maximum Gasteiger partial charge on any atom is 0.293 e. The van der Waals surface area contributed by atoms with E-state index in [9.17, 15) is 4.79 Å². The molecule has 2 aliphatic rings. The number of nitrogens with one attached hydrogen (secondary N) is 1. The number of aromatic nitrogens is 6. The summed E-state index contributed by atoms with van der Waals surface area (Å²) in [4.78, 5) is 23.1. The van der Waals surface area contributed by atoms with E-state index in [1.54, 1.807) is 22.0 Å². The molecule has 3 aromatic rings. The zero-order chi connectivity index (χ0) is 18.2. The highest BCUT2D eigenvalue weighted by Gasteiger charge is 2.27. The van der Waals surface area contributed by atoms with Gasteiger partial charge in [0.2, 0.25) is 11.8 Å². The summed E-state index contributed by atoms with van der Waals surface area (Å²) in [7, 11) is 0. The van der Waals surface area contributed by atoms with Crippen molar-refractivity contribution in [1.29, 1.82) is 0 Å². The molecule has 5 heterocycles. The van der Waals surface area contributed by atoms with Gasteiger partial charge in [-0.15, -0.1) is 5.10 Å². The number of carbonyl (C=O) groups excluding carboxylic acids is 1. The molecule has 0 radical (unpaired) electrons. The van der Waals surface area contributed by atoms with E-state index in [1.807, 2.05) is 18.2 Å². The predicted octanol–water partition coefficient (Wildman–Crippen LogP) is 1.14. The lowest BCUT2D eigenvalue weighted by molar-refractivity contribution is 0.0720. The summed E-state index contributed by atoms with van der Waals surface area (Å²) < 4.78 is 1.77. The lowest BCUT2D eigenvalue weighted by Gasteiger charge is -2.27. The van der Waals surface area contributed by atoms with Crippen LogP contribution in [0.1, 0.15) is 28.3 Å². The van der Waals surface area contributed by atoms with Crippen molar-refractivity contribution >= 4 is 11.9 Å². The van der Waals surface area contributed by atoms with Crippen LogP contribution in [-0.4, -0.2) is 53.8 Å². The van der Waals surface area contributed by atoms with Crippen LogP contribution in [0.4, 0.5) is 5.95 Å². The fourth-order valence-corrected chi connectivity index (χ4v) is 3.46. The van der Waals surface area contributed by atoms with E-state index in [4.69, 9.17) is 0 Å². The number of anilines is 1. The topological polar surface area (TPSA) is 102 Å². The smallest absolute Gasteiger partial charge is 0.293 e. The van der Waals surface area contributed by atoms with Gasteiger partial charge in [-0.25, -0.2) is 4.68 Å². The molecule has 2 aliphatic heterocycles. The highest BCUT2D eigenvalue weighted by atomic mass is 16.2. The second kappa shape index (κ2) is 6.42. The standard InChI is InChI=1S/C18H18N8O/c27-17(16-21-18-20-5-1-8-26(18)24-16)25-9-4-14-13(11-25)10-15(23-22-14)12-2-6-19-7-3-12/h2-3,6-7,10H,1,4-5,8-9,11H2,(H,20,21,24). The molecule has 27 heavy (non-hydrogen) atoms. The Balaban J connectivity index is 1.40. The SMILES string of the molecule is O=C(c1nc2n(n1)CCCN2)N1CCc2nnc(-c3ccncc3)cc2C1. The molecule has 1 amide bonds. The molecule has 0 saturated carbocycles. The molecular formula is C18H18N8O. The molecule has 0 unspecified atom stereocenters. The van der Waals surface area contributed by atoms with Gasteiger partial charge in [-0.1, -0.05) is 0 Å². The van der Waals surface area contributed by atoms with Crippen LogP contribution < -0.4 is 5.32 Å². The molecule has 0 saturated heterocycles. The van der Waals surface area contributed by atoms with E-state index in [0.717, 1.165) is 42.0 Å². The molecule has 136 valence electrons. The van der Waals surface area contributed by atoms with Crippen molar-refractivity contribution in [3.63, 3.8) is 0 Å². The lowest BCUT2D eigenvalue weighted by Crippen LogP contribution is -2.37. The van der Waals surface area contributed by atoms with Gasteiger partial charge in [-0.05, 0) is 30.2 Å². The number of amides is 1. The second-order valence-electron chi connectivity index (χ2n) is 6.68. The minimum Gasteiger partial charge on any atom is -0.354 e. The third kappa shape index (κ3) is 2.90. The zero-order valence-corrected chi connectivity index (χ0v) is 14.7. The van der Waals surface area contributed by atoms with Gasteiger partial charge in [-0.3, -0.25) is 9.78 Å².